The molecular weight excluding hydrogens is 335 g/mol. The second-order valence-electron chi connectivity index (χ2n) is 6.04. The summed E-state index contributed by atoms with van der Waals surface area (Å²) in [7, 11) is 0. The molecule has 116 valence electrons. The minimum absolute atomic E-state index is 0.0304. The topological polar surface area (TPSA) is 55.1 Å². The Morgan fingerprint density at radius 2 is 2.10 bits per heavy atom. The summed E-state index contributed by atoms with van der Waals surface area (Å²) in [4.78, 5) is 12.3. The van der Waals surface area contributed by atoms with Crippen LogP contribution in [0.4, 0.5) is 4.39 Å². The lowest BCUT2D eigenvalue weighted by molar-refractivity contribution is -0.128. The highest BCUT2D eigenvalue weighted by molar-refractivity contribution is 9.10. The van der Waals surface area contributed by atoms with Crippen molar-refractivity contribution in [2.75, 3.05) is 0 Å². The Morgan fingerprint density at radius 3 is 2.71 bits per heavy atom. The molecule has 1 atom stereocenters. The number of nitrogens with two attached hydrogens (primary N) is 1. The van der Waals surface area contributed by atoms with E-state index < -0.39 is 5.54 Å². The number of carbonyl (C=O) groups is 1. The third-order valence-electron chi connectivity index (χ3n) is 4.10. The molecule has 1 aromatic rings. The molecule has 3 N–H and O–H groups in total. The van der Waals surface area contributed by atoms with Gasteiger partial charge in [-0.05, 0) is 59.8 Å². The largest absolute Gasteiger partial charge is 0.352 e. The third-order valence-corrected chi connectivity index (χ3v) is 4.71. The van der Waals surface area contributed by atoms with Crippen molar-refractivity contribution in [3.05, 3.63) is 34.1 Å². The molecule has 0 spiro atoms. The van der Waals surface area contributed by atoms with Gasteiger partial charge in [0.15, 0.2) is 0 Å². The average Bonchev–Trinajstić information content (AvgIpc) is 2.43. The highest BCUT2D eigenvalue weighted by atomic mass is 79.9. The summed E-state index contributed by atoms with van der Waals surface area (Å²) in [5, 5.41) is 3.00. The normalized spacial score (nSPS) is 19.0. The Bertz CT molecular complexity index is 515. The Kier molecular flexibility index (Phi) is 5.38. The quantitative estimate of drug-likeness (QED) is 0.869. The third kappa shape index (κ3) is 4.27. The van der Waals surface area contributed by atoms with Gasteiger partial charge >= 0.3 is 0 Å². The summed E-state index contributed by atoms with van der Waals surface area (Å²) in [5.41, 5.74) is 6.48. The Balaban J connectivity index is 1.93. The van der Waals surface area contributed by atoms with Crippen LogP contribution < -0.4 is 11.1 Å². The Labute approximate surface area is 133 Å². The van der Waals surface area contributed by atoms with Crippen LogP contribution in [0.3, 0.4) is 0 Å². The van der Waals surface area contributed by atoms with Gasteiger partial charge in [-0.2, -0.15) is 0 Å². The fraction of sp³-hybridized carbons (Fsp3) is 0.562. The van der Waals surface area contributed by atoms with Crippen LogP contribution in [-0.2, 0) is 11.2 Å². The Hall–Kier alpha value is -0.940. The van der Waals surface area contributed by atoms with Gasteiger partial charge in [0.05, 0.1) is 10.0 Å². The van der Waals surface area contributed by atoms with E-state index in [2.05, 4.69) is 21.2 Å². The molecule has 5 heteroatoms. The number of benzene rings is 1. The van der Waals surface area contributed by atoms with Gasteiger partial charge in [0, 0.05) is 6.04 Å². The van der Waals surface area contributed by atoms with E-state index in [0.29, 0.717) is 10.9 Å². The van der Waals surface area contributed by atoms with Crippen molar-refractivity contribution < 1.29 is 9.18 Å². The second-order valence-corrected chi connectivity index (χ2v) is 6.90. The van der Waals surface area contributed by atoms with Crippen molar-refractivity contribution in [3.8, 4) is 0 Å². The van der Waals surface area contributed by atoms with Gasteiger partial charge in [-0.15, -0.1) is 0 Å². The molecule has 0 radical (unpaired) electrons. The fourth-order valence-corrected chi connectivity index (χ4v) is 3.27. The van der Waals surface area contributed by atoms with Crippen molar-refractivity contribution in [1.82, 2.24) is 5.32 Å². The first-order chi connectivity index (χ1) is 9.90. The first-order valence-electron chi connectivity index (χ1n) is 7.44. The summed E-state index contributed by atoms with van der Waals surface area (Å²) >= 11 is 3.18. The number of rotatable bonds is 4. The van der Waals surface area contributed by atoms with Crippen LogP contribution in [0.25, 0.3) is 0 Å². The molecule has 3 nitrogen and oxygen atoms in total. The molecule has 0 aliphatic heterocycles. The molecular formula is C16H22BrFN2O. The van der Waals surface area contributed by atoms with Crippen LogP contribution in [0.1, 0.15) is 44.6 Å². The highest BCUT2D eigenvalue weighted by Gasteiger charge is 2.35. The molecule has 1 amide bonds. The summed E-state index contributed by atoms with van der Waals surface area (Å²) in [6.45, 7) is 1.95. The lowest BCUT2D eigenvalue weighted by Crippen LogP contribution is -2.56. The number of nitrogens with one attached hydrogen (secondary N) is 1. The molecule has 0 saturated heterocycles. The monoisotopic (exact) mass is 356 g/mol. The number of carbonyl (C=O) groups excluding carboxylic acids is 1. The predicted molar refractivity (Wildman–Crippen MR) is 85.4 cm³/mol. The molecule has 0 bridgehead atoms. The molecule has 1 aromatic carbocycles. The van der Waals surface area contributed by atoms with Gasteiger partial charge in [-0.3, -0.25) is 4.79 Å². The average molecular weight is 357 g/mol. The van der Waals surface area contributed by atoms with E-state index in [9.17, 15) is 9.18 Å². The summed E-state index contributed by atoms with van der Waals surface area (Å²) in [6.07, 6.45) is 5.36. The van der Waals surface area contributed by atoms with E-state index in [1.165, 1.54) is 6.07 Å². The molecule has 1 aliphatic rings. The minimum atomic E-state index is -0.712. The smallest absolute Gasteiger partial charge is 0.240 e. The van der Waals surface area contributed by atoms with Gasteiger partial charge in [-0.1, -0.05) is 25.3 Å². The van der Waals surface area contributed by atoms with Crippen LogP contribution in [0, 0.1) is 5.82 Å². The molecule has 21 heavy (non-hydrogen) atoms. The standard InChI is InChI=1S/C16H22BrFN2O/c1-11(9-12-5-6-14(18)13(17)10-12)20-15(21)16(19)7-3-2-4-8-16/h5-6,10-11H,2-4,7-9,19H2,1H3,(H,20,21). The number of hydrogen-bond acceptors (Lipinski definition) is 2. The lowest BCUT2D eigenvalue weighted by Gasteiger charge is -2.33. The zero-order chi connectivity index (χ0) is 15.5. The van der Waals surface area contributed by atoms with Crippen molar-refractivity contribution in [2.45, 2.75) is 57.0 Å². The first kappa shape index (κ1) is 16.4. The van der Waals surface area contributed by atoms with Crippen LogP contribution in [-0.4, -0.2) is 17.5 Å². The van der Waals surface area contributed by atoms with E-state index in [0.717, 1.165) is 37.7 Å². The van der Waals surface area contributed by atoms with Gasteiger partial charge < -0.3 is 11.1 Å². The molecule has 0 heterocycles. The maximum atomic E-state index is 13.2. The summed E-state index contributed by atoms with van der Waals surface area (Å²) < 4.78 is 13.7. The number of hydrogen-bond donors (Lipinski definition) is 2. The van der Waals surface area contributed by atoms with Crippen molar-refractivity contribution >= 4 is 21.8 Å². The maximum Gasteiger partial charge on any atom is 0.240 e. The zero-order valence-corrected chi connectivity index (χ0v) is 13.9. The van der Waals surface area contributed by atoms with E-state index >= 15 is 0 Å². The Morgan fingerprint density at radius 1 is 1.43 bits per heavy atom. The van der Waals surface area contributed by atoms with Gasteiger partial charge in [0.1, 0.15) is 5.82 Å². The second kappa shape index (κ2) is 6.88. The molecule has 2 rings (SSSR count). The van der Waals surface area contributed by atoms with E-state index in [1.807, 2.05) is 6.92 Å². The minimum Gasteiger partial charge on any atom is -0.352 e. The summed E-state index contributed by atoms with van der Waals surface area (Å²) in [5.74, 6) is -0.338. The maximum absolute atomic E-state index is 13.2. The van der Waals surface area contributed by atoms with E-state index in [4.69, 9.17) is 5.73 Å². The van der Waals surface area contributed by atoms with Crippen LogP contribution in [0.2, 0.25) is 0 Å². The molecule has 1 unspecified atom stereocenters. The molecule has 1 aliphatic carbocycles. The van der Waals surface area contributed by atoms with Crippen LogP contribution >= 0.6 is 15.9 Å². The predicted octanol–water partition coefficient (Wildman–Crippen LogP) is 3.30. The van der Waals surface area contributed by atoms with Crippen LogP contribution in [0.15, 0.2) is 22.7 Å². The van der Waals surface area contributed by atoms with E-state index in [-0.39, 0.29) is 17.8 Å². The lowest BCUT2D eigenvalue weighted by atomic mass is 9.81. The fourth-order valence-electron chi connectivity index (χ4n) is 2.85. The SMILES string of the molecule is CC(Cc1ccc(F)c(Br)c1)NC(=O)C1(N)CCCCC1. The first-order valence-corrected chi connectivity index (χ1v) is 8.24. The number of halogens is 2. The van der Waals surface area contributed by atoms with Crippen molar-refractivity contribution in [3.63, 3.8) is 0 Å². The summed E-state index contributed by atoms with van der Waals surface area (Å²) in [6, 6.07) is 4.88. The van der Waals surface area contributed by atoms with Gasteiger partial charge in [-0.25, -0.2) is 4.39 Å². The molecule has 1 saturated carbocycles. The van der Waals surface area contributed by atoms with E-state index in [1.54, 1.807) is 12.1 Å². The van der Waals surface area contributed by atoms with Gasteiger partial charge in [0.25, 0.3) is 0 Å². The van der Waals surface area contributed by atoms with Crippen molar-refractivity contribution in [2.24, 2.45) is 5.73 Å². The molecule has 1 fully saturated rings. The highest BCUT2D eigenvalue weighted by Crippen LogP contribution is 2.26. The molecule has 0 aromatic heterocycles. The van der Waals surface area contributed by atoms with Crippen molar-refractivity contribution in [1.29, 1.82) is 0 Å². The number of amides is 1. The van der Waals surface area contributed by atoms with Crippen LogP contribution in [0.5, 0.6) is 0 Å². The van der Waals surface area contributed by atoms with Gasteiger partial charge in [0.2, 0.25) is 5.91 Å². The zero-order valence-electron chi connectivity index (χ0n) is 12.3.